The van der Waals surface area contributed by atoms with E-state index in [-0.39, 0.29) is 25.2 Å². The highest BCUT2D eigenvalue weighted by atomic mass is 31.3. The SMILES string of the molecule is O=c1[nH]c(=O)n([C@H]2CC(O)[C@@H](COP(=O)(O)OP(=O)(O)OP(=O)(O)O)O2)cc1COCc1ccccc1. The van der Waals surface area contributed by atoms with Crippen LogP contribution in [0.5, 0.6) is 0 Å². The van der Waals surface area contributed by atoms with Crippen molar-refractivity contribution in [2.75, 3.05) is 6.61 Å². The maximum Gasteiger partial charge on any atom is 0.490 e. The first-order valence-corrected chi connectivity index (χ1v) is 14.7. The van der Waals surface area contributed by atoms with Crippen LogP contribution in [0.15, 0.2) is 46.1 Å². The highest BCUT2D eigenvalue weighted by Crippen LogP contribution is 2.66. The number of phosphoric ester groups is 1. The van der Waals surface area contributed by atoms with E-state index in [4.69, 9.17) is 19.3 Å². The van der Waals surface area contributed by atoms with Crippen LogP contribution in [0.3, 0.4) is 0 Å². The van der Waals surface area contributed by atoms with Gasteiger partial charge in [-0.05, 0) is 5.56 Å². The van der Waals surface area contributed by atoms with Gasteiger partial charge in [0.05, 0.1) is 31.5 Å². The molecule has 1 fully saturated rings. The zero-order valence-corrected chi connectivity index (χ0v) is 21.3. The molecule has 37 heavy (non-hydrogen) atoms. The van der Waals surface area contributed by atoms with Gasteiger partial charge in [0.1, 0.15) is 12.3 Å². The first-order chi connectivity index (χ1) is 17.1. The summed E-state index contributed by atoms with van der Waals surface area (Å²) >= 11 is 0. The molecule has 0 radical (unpaired) electrons. The van der Waals surface area contributed by atoms with Crippen LogP contribution in [-0.4, -0.2) is 53.0 Å². The van der Waals surface area contributed by atoms with Crippen LogP contribution in [-0.2, 0) is 49.5 Å². The van der Waals surface area contributed by atoms with Gasteiger partial charge >= 0.3 is 29.2 Å². The average Bonchev–Trinajstić information content (AvgIpc) is 3.12. The van der Waals surface area contributed by atoms with Crippen LogP contribution in [0.2, 0.25) is 0 Å². The number of rotatable bonds is 12. The second-order valence-electron chi connectivity index (χ2n) is 7.62. The van der Waals surface area contributed by atoms with Gasteiger partial charge in [0.2, 0.25) is 0 Å². The Morgan fingerprint density at radius 2 is 1.68 bits per heavy atom. The number of phosphoric acid groups is 3. The van der Waals surface area contributed by atoms with Gasteiger partial charge in [0, 0.05) is 12.6 Å². The van der Waals surface area contributed by atoms with Crippen LogP contribution < -0.4 is 11.2 Å². The number of aromatic nitrogens is 2. The molecule has 206 valence electrons. The fourth-order valence-corrected chi connectivity index (χ4v) is 6.23. The van der Waals surface area contributed by atoms with Crippen molar-refractivity contribution < 1.29 is 61.0 Å². The molecule has 1 aliphatic rings. The first kappa shape index (κ1) is 29.7. The number of aliphatic hydroxyl groups excluding tert-OH is 1. The highest BCUT2D eigenvalue weighted by molar-refractivity contribution is 7.66. The number of hydrogen-bond acceptors (Lipinski definition) is 11. The lowest BCUT2D eigenvalue weighted by molar-refractivity contribution is -0.0452. The van der Waals surface area contributed by atoms with Crippen molar-refractivity contribution in [1.82, 2.24) is 9.55 Å². The Morgan fingerprint density at radius 1 is 1.00 bits per heavy atom. The minimum absolute atomic E-state index is 0.0744. The van der Waals surface area contributed by atoms with Crippen molar-refractivity contribution in [3.05, 3.63) is 68.5 Å². The van der Waals surface area contributed by atoms with Gasteiger partial charge in [-0.3, -0.25) is 18.9 Å². The Bertz CT molecular complexity index is 1340. The van der Waals surface area contributed by atoms with E-state index in [0.29, 0.717) is 0 Å². The number of aromatic amines is 1. The van der Waals surface area contributed by atoms with E-state index >= 15 is 0 Å². The van der Waals surface area contributed by atoms with E-state index in [1.165, 1.54) is 6.20 Å². The van der Waals surface area contributed by atoms with Crippen LogP contribution in [0, 0.1) is 0 Å². The maximum absolute atomic E-state index is 12.3. The van der Waals surface area contributed by atoms with Gasteiger partial charge in [0.25, 0.3) is 5.56 Å². The summed E-state index contributed by atoms with van der Waals surface area (Å²) in [5.74, 6) is 0. The Kier molecular flexibility index (Phi) is 9.59. The lowest BCUT2D eigenvalue weighted by Crippen LogP contribution is -2.34. The molecule has 0 bridgehead atoms. The summed E-state index contributed by atoms with van der Waals surface area (Å²) in [5.41, 5.74) is -0.640. The third kappa shape index (κ3) is 9.16. The summed E-state index contributed by atoms with van der Waals surface area (Å²) in [5, 5.41) is 10.2. The molecular formula is C17H23N2O15P3. The molecular weight excluding hydrogens is 565 g/mol. The van der Waals surface area contributed by atoms with Crippen LogP contribution >= 0.6 is 23.5 Å². The topological polar surface area (TPSA) is 253 Å². The van der Waals surface area contributed by atoms with E-state index in [9.17, 15) is 38.2 Å². The Morgan fingerprint density at radius 3 is 2.32 bits per heavy atom. The van der Waals surface area contributed by atoms with Gasteiger partial charge < -0.3 is 34.2 Å². The number of benzene rings is 1. The molecule has 1 saturated heterocycles. The second kappa shape index (κ2) is 11.9. The van der Waals surface area contributed by atoms with Gasteiger partial charge in [-0.25, -0.2) is 18.5 Å². The normalized spacial score (nSPS) is 23.4. The standard InChI is InChI=1S/C17H23N2O15P3/c20-13-6-15(32-14(13)10-31-36(26,27)34-37(28,29)33-35(23,24)25)19-7-12(16(21)18-17(19)22)9-30-8-11-4-2-1-3-5-11/h1-5,7,13-15,20H,6,8-10H2,(H,26,27)(H,28,29)(H,18,21,22)(H2,23,24,25)/t13?,14-,15-/m1/s1. The van der Waals surface area contributed by atoms with Gasteiger partial charge in [-0.15, -0.1) is 0 Å². The van der Waals surface area contributed by atoms with Crippen molar-refractivity contribution >= 4 is 23.5 Å². The molecule has 6 N–H and O–H groups in total. The zero-order valence-electron chi connectivity index (χ0n) is 18.6. The van der Waals surface area contributed by atoms with Crippen molar-refractivity contribution in [2.45, 2.75) is 38.1 Å². The summed E-state index contributed by atoms with van der Waals surface area (Å²) in [6, 6.07) is 9.10. The number of hydrogen-bond donors (Lipinski definition) is 6. The van der Waals surface area contributed by atoms with Crippen LogP contribution in [0.25, 0.3) is 0 Å². The summed E-state index contributed by atoms with van der Waals surface area (Å²) in [6.07, 6.45) is -2.92. The summed E-state index contributed by atoms with van der Waals surface area (Å²) in [6.45, 7) is -0.873. The van der Waals surface area contributed by atoms with E-state index in [0.717, 1.165) is 10.1 Å². The average molecular weight is 588 g/mol. The van der Waals surface area contributed by atoms with Gasteiger partial charge in [-0.1, -0.05) is 30.3 Å². The molecule has 3 unspecified atom stereocenters. The first-order valence-electron chi connectivity index (χ1n) is 10.2. The van der Waals surface area contributed by atoms with Gasteiger partial charge in [-0.2, -0.15) is 8.62 Å². The van der Waals surface area contributed by atoms with Crippen LogP contribution in [0.4, 0.5) is 0 Å². The summed E-state index contributed by atoms with van der Waals surface area (Å²) in [7, 11) is -16.7. The van der Waals surface area contributed by atoms with Gasteiger partial charge in [0.15, 0.2) is 0 Å². The molecule has 0 aliphatic carbocycles. The molecule has 20 heteroatoms. The fourth-order valence-electron chi connectivity index (χ4n) is 3.20. The summed E-state index contributed by atoms with van der Waals surface area (Å²) < 4.78 is 57.5. The predicted octanol–water partition coefficient (Wildman–Crippen LogP) is 0.245. The maximum atomic E-state index is 12.3. The van der Waals surface area contributed by atoms with Crippen molar-refractivity contribution in [2.24, 2.45) is 0 Å². The number of H-pyrrole nitrogens is 1. The lowest BCUT2D eigenvalue weighted by Gasteiger charge is -2.19. The predicted molar refractivity (Wildman–Crippen MR) is 121 cm³/mol. The lowest BCUT2D eigenvalue weighted by atomic mass is 10.2. The molecule has 1 aromatic heterocycles. The van der Waals surface area contributed by atoms with E-state index < -0.39 is 59.8 Å². The fraction of sp³-hybridized carbons (Fsp3) is 0.412. The molecule has 0 saturated carbocycles. The third-order valence-corrected chi connectivity index (χ3v) is 8.55. The number of nitrogens with one attached hydrogen (secondary N) is 1. The van der Waals surface area contributed by atoms with Crippen molar-refractivity contribution in [3.63, 3.8) is 0 Å². The Labute approximate surface area is 207 Å². The van der Waals surface area contributed by atoms with E-state index in [1.54, 1.807) is 0 Å². The zero-order chi connectivity index (χ0) is 27.4. The minimum Gasteiger partial charge on any atom is -0.390 e. The Hall–Kier alpha value is -1.81. The highest BCUT2D eigenvalue weighted by Gasteiger charge is 2.43. The van der Waals surface area contributed by atoms with E-state index in [1.807, 2.05) is 30.3 Å². The largest absolute Gasteiger partial charge is 0.490 e. The molecule has 2 aromatic rings. The van der Waals surface area contributed by atoms with Crippen LogP contribution in [0.1, 0.15) is 23.8 Å². The smallest absolute Gasteiger partial charge is 0.390 e. The molecule has 0 spiro atoms. The molecule has 5 atom stereocenters. The molecule has 0 amide bonds. The monoisotopic (exact) mass is 588 g/mol. The molecule has 1 aliphatic heterocycles. The minimum atomic E-state index is -5.71. The second-order valence-corrected chi connectivity index (χ2v) is 12.0. The van der Waals surface area contributed by atoms with E-state index in [2.05, 4.69) is 18.1 Å². The third-order valence-electron chi connectivity index (χ3n) is 4.74. The molecule has 1 aromatic carbocycles. The van der Waals surface area contributed by atoms with Crippen molar-refractivity contribution in [3.8, 4) is 0 Å². The molecule has 3 rings (SSSR count). The number of ether oxygens (including phenoxy) is 2. The number of nitrogens with zero attached hydrogens (tertiary/aromatic N) is 1. The molecule has 2 heterocycles. The summed E-state index contributed by atoms with van der Waals surface area (Å²) in [4.78, 5) is 62.4. The quantitative estimate of drug-likeness (QED) is 0.182. The van der Waals surface area contributed by atoms with Crippen molar-refractivity contribution in [1.29, 1.82) is 0 Å². The number of aliphatic hydroxyl groups is 1. The Balaban J connectivity index is 1.62. The molecule has 17 nitrogen and oxygen atoms in total.